The summed E-state index contributed by atoms with van der Waals surface area (Å²) < 4.78 is 39.2. The van der Waals surface area contributed by atoms with E-state index in [1.54, 1.807) is 33.0 Å². The average Bonchev–Trinajstić information content (AvgIpc) is 3.21. The van der Waals surface area contributed by atoms with Gasteiger partial charge < -0.3 is 20.5 Å². The van der Waals surface area contributed by atoms with E-state index in [0.29, 0.717) is 10.4 Å². The van der Waals surface area contributed by atoms with Crippen molar-refractivity contribution < 1.29 is 27.5 Å². The first-order valence-electron chi connectivity index (χ1n) is 11.8. The Balaban J connectivity index is 1.81. The summed E-state index contributed by atoms with van der Waals surface area (Å²) >= 11 is 1.44. The minimum atomic E-state index is -3.95. The zero-order chi connectivity index (χ0) is 26.7. The molecule has 0 atom stereocenters. The van der Waals surface area contributed by atoms with Crippen molar-refractivity contribution in [3.63, 3.8) is 0 Å². The van der Waals surface area contributed by atoms with E-state index in [1.807, 2.05) is 13.8 Å². The van der Waals surface area contributed by atoms with Gasteiger partial charge in [0.2, 0.25) is 10.0 Å². The van der Waals surface area contributed by atoms with Crippen LogP contribution < -0.4 is 20.5 Å². The number of thiazole rings is 1. The van der Waals surface area contributed by atoms with E-state index in [9.17, 15) is 18.0 Å². The number of ether oxygens (including phenoxy) is 2. The molecule has 4 N–H and O–H groups in total. The third-order valence-corrected chi connectivity index (χ3v) is 8.42. The normalized spacial score (nSPS) is 18.6. The third-order valence-electron chi connectivity index (χ3n) is 5.43. The highest BCUT2D eigenvalue weighted by Gasteiger charge is 2.29. The Kier molecular flexibility index (Phi) is 8.63. The zero-order valence-corrected chi connectivity index (χ0v) is 22.8. The number of carbonyl (C=O) groups is 2. The van der Waals surface area contributed by atoms with Crippen LogP contribution in [0, 0.1) is 0 Å². The second-order valence-corrected chi connectivity index (χ2v) is 12.9. The number of primary amides is 1. The number of aromatic nitrogens is 1. The average molecular weight is 539 g/mol. The van der Waals surface area contributed by atoms with Crippen molar-refractivity contribution in [1.29, 1.82) is 0 Å². The number of hydrogen-bond acceptors (Lipinski definition) is 8. The van der Waals surface area contributed by atoms with E-state index in [-0.39, 0.29) is 28.7 Å². The van der Waals surface area contributed by atoms with Crippen molar-refractivity contribution in [3.05, 3.63) is 29.4 Å². The Morgan fingerprint density at radius 3 is 2.42 bits per heavy atom. The summed E-state index contributed by atoms with van der Waals surface area (Å²) in [6.45, 7) is 8.85. The summed E-state index contributed by atoms with van der Waals surface area (Å²) in [5.74, 6) is 0.250. The molecule has 36 heavy (non-hydrogen) atoms. The van der Waals surface area contributed by atoms with Crippen molar-refractivity contribution in [2.45, 2.75) is 88.8 Å². The van der Waals surface area contributed by atoms with Crippen LogP contribution in [0.2, 0.25) is 0 Å². The number of hydrogen-bond donors (Lipinski definition) is 3. The SMILES string of the molecule is CC(C)OC(=O)NC1CCC(c2ncc(-c3ccc(OC(N)=O)cc3S(=O)(=O)NC(C)(C)C)s2)CC1. The number of carbonyl (C=O) groups excluding carboxylic acids is 2. The van der Waals surface area contributed by atoms with E-state index >= 15 is 0 Å². The minimum Gasteiger partial charge on any atom is -0.447 e. The molecule has 1 saturated carbocycles. The van der Waals surface area contributed by atoms with Crippen LogP contribution >= 0.6 is 11.3 Å². The molecule has 1 aromatic heterocycles. The molecule has 0 spiro atoms. The molecule has 3 rings (SSSR count). The molecule has 1 aliphatic carbocycles. The molecule has 1 heterocycles. The lowest BCUT2D eigenvalue weighted by Gasteiger charge is -2.28. The number of alkyl carbamates (subject to hydrolysis) is 1. The van der Waals surface area contributed by atoms with E-state index in [0.717, 1.165) is 30.7 Å². The second kappa shape index (κ2) is 11.1. The summed E-state index contributed by atoms with van der Waals surface area (Å²) in [6.07, 6.45) is 3.39. The fourth-order valence-electron chi connectivity index (χ4n) is 4.07. The lowest BCUT2D eigenvalue weighted by molar-refractivity contribution is 0.109. The fourth-order valence-corrected chi connectivity index (χ4v) is 6.91. The quantitative estimate of drug-likeness (QED) is 0.469. The van der Waals surface area contributed by atoms with Gasteiger partial charge in [-0.3, -0.25) is 0 Å². The molecule has 1 aromatic carbocycles. The second-order valence-electron chi connectivity index (χ2n) is 10.1. The third kappa shape index (κ3) is 7.65. The summed E-state index contributed by atoms with van der Waals surface area (Å²) in [5, 5.41) is 3.83. The van der Waals surface area contributed by atoms with Gasteiger partial charge in [-0.05, 0) is 72.4 Å². The molecular weight excluding hydrogens is 504 g/mol. The highest BCUT2D eigenvalue weighted by atomic mass is 32.2. The van der Waals surface area contributed by atoms with Gasteiger partial charge in [-0.15, -0.1) is 11.3 Å². The van der Waals surface area contributed by atoms with Crippen LogP contribution in [-0.4, -0.2) is 43.3 Å². The van der Waals surface area contributed by atoms with E-state index < -0.39 is 27.7 Å². The summed E-state index contributed by atoms with van der Waals surface area (Å²) in [5.41, 5.74) is 4.85. The van der Waals surface area contributed by atoms with Crippen molar-refractivity contribution >= 4 is 33.5 Å². The van der Waals surface area contributed by atoms with Gasteiger partial charge in [-0.2, -0.15) is 0 Å². The number of sulfonamides is 1. The summed E-state index contributed by atoms with van der Waals surface area (Å²) in [4.78, 5) is 28.4. The molecule has 0 bridgehead atoms. The van der Waals surface area contributed by atoms with Gasteiger partial charge in [0.05, 0.1) is 20.9 Å². The molecule has 0 radical (unpaired) electrons. The fraction of sp³-hybridized carbons (Fsp3) is 0.542. The Hall–Kier alpha value is -2.70. The van der Waals surface area contributed by atoms with E-state index in [1.165, 1.54) is 23.5 Å². The number of nitrogens with zero attached hydrogens (tertiary/aromatic N) is 1. The maximum absolute atomic E-state index is 13.2. The molecular formula is C24H34N4O6S2. The smallest absolute Gasteiger partial charge is 0.409 e. The molecule has 0 aliphatic heterocycles. The lowest BCUT2D eigenvalue weighted by atomic mass is 9.86. The van der Waals surface area contributed by atoms with Crippen molar-refractivity contribution in [1.82, 2.24) is 15.0 Å². The molecule has 0 saturated heterocycles. The van der Waals surface area contributed by atoms with Gasteiger partial charge >= 0.3 is 12.2 Å². The Morgan fingerprint density at radius 2 is 1.83 bits per heavy atom. The Morgan fingerprint density at radius 1 is 1.17 bits per heavy atom. The predicted octanol–water partition coefficient (Wildman–Crippen LogP) is 4.51. The number of amides is 2. The molecule has 1 aliphatic rings. The van der Waals surface area contributed by atoms with Gasteiger partial charge in [0, 0.05) is 35.3 Å². The first-order chi connectivity index (χ1) is 16.7. The van der Waals surface area contributed by atoms with Crippen LogP contribution in [0.5, 0.6) is 5.75 Å². The molecule has 1 fully saturated rings. The van der Waals surface area contributed by atoms with Crippen LogP contribution in [0.25, 0.3) is 10.4 Å². The summed E-state index contributed by atoms with van der Waals surface area (Å²) in [6, 6.07) is 4.45. The van der Waals surface area contributed by atoms with Crippen molar-refractivity contribution in [3.8, 4) is 16.2 Å². The maximum Gasteiger partial charge on any atom is 0.409 e. The van der Waals surface area contributed by atoms with Gasteiger partial charge in [-0.25, -0.2) is 27.7 Å². The largest absolute Gasteiger partial charge is 0.447 e. The highest BCUT2D eigenvalue weighted by molar-refractivity contribution is 7.89. The number of rotatable bonds is 7. The Bertz CT molecular complexity index is 1200. The molecule has 12 heteroatoms. The van der Waals surface area contributed by atoms with Gasteiger partial charge in [-0.1, -0.05) is 0 Å². The molecule has 0 unspecified atom stereocenters. The summed E-state index contributed by atoms with van der Waals surface area (Å²) in [7, 11) is -3.95. The van der Waals surface area contributed by atoms with Crippen LogP contribution in [0.15, 0.2) is 29.3 Å². The van der Waals surface area contributed by atoms with Crippen LogP contribution in [0.4, 0.5) is 9.59 Å². The molecule has 2 aromatic rings. The molecule has 2 amide bonds. The monoisotopic (exact) mass is 538 g/mol. The van der Waals surface area contributed by atoms with Crippen LogP contribution in [0.3, 0.4) is 0 Å². The van der Waals surface area contributed by atoms with Crippen molar-refractivity contribution in [2.75, 3.05) is 0 Å². The first kappa shape index (κ1) is 27.9. The van der Waals surface area contributed by atoms with E-state index in [2.05, 4.69) is 15.0 Å². The Labute approximate surface area is 216 Å². The lowest BCUT2D eigenvalue weighted by Crippen LogP contribution is -2.40. The highest BCUT2D eigenvalue weighted by Crippen LogP contribution is 2.40. The zero-order valence-electron chi connectivity index (χ0n) is 21.2. The standard InChI is InChI=1S/C24H34N4O6S2/c1-14(2)33-23(30)27-16-8-6-15(7-9-16)21-26-13-19(35-21)18-11-10-17(34-22(25)29)12-20(18)36(31,32)28-24(3,4)5/h10-16,28H,6-9H2,1-5H3,(H2,25,29)(H,27,30). The van der Waals surface area contributed by atoms with E-state index in [4.69, 9.17) is 15.2 Å². The van der Waals surface area contributed by atoms with Crippen LogP contribution in [-0.2, 0) is 14.8 Å². The van der Waals surface area contributed by atoms with Crippen LogP contribution in [0.1, 0.15) is 71.2 Å². The van der Waals surface area contributed by atoms with Crippen molar-refractivity contribution in [2.24, 2.45) is 5.73 Å². The number of nitrogens with two attached hydrogens (primary N) is 1. The number of nitrogens with one attached hydrogen (secondary N) is 2. The minimum absolute atomic E-state index is 0.0250. The van der Waals surface area contributed by atoms with Gasteiger partial charge in [0.15, 0.2) is 0 Å². The molecule has 198 valence electrons. The molecule has 10 nitrogen and oxygen atoms in total. The van der Waals surface area contributed by atoms with Gasteiger partial charge in [0.25, 0.3) is 0 Å². The maximum atomic E-state index is 13.2. The predicted molar refractivity (Wildman–Crippen MR) is 138 cm³/mol. The number of benzene rings is 1. The first-order valence-corrected chi connectivity index (χ1v) is 14.1. The topological polar surface area (TPSA) is 150 Å². The van der Waals surface area contributed by atoms with Gasteiger partial charge in [0.1, 0.15) is 5.75 Å².